The van der Waals surface area contributed by atoms with Crippen LogP contribution in [0.1, 0.15) is 50.0 Å². The number of anilines is 1. The van der Waals surface area contributed by atoms with Gasteiger partial charge in [-0.05, 0) is 68.0 Å². The Bertz CT molecular complexity index is 1740. The van der Waals surface area contributed by atoms with Gasteiger partial charge in [0.2, 0.25) is 11.8 Å². The molecule has 6 rings (SSSR count). The molecule has 248 valence electrons. The number of benzene rings is 2. The molecule has 2 aromatic carbocycles. The maximum absolute atomic E-state index is 14.5. The molecule has 0 bridgehead atoms. The van der Waals surface area contributed by atoms with Gasteiger partial charge >= 0.3 is 5.97 Å². The Labute approximate surface area is 287 Å². The highest BCUT2D eigenvalue weighted by molar-refractivity contribution is 9.10. The molecular weight excluding hydrogens is 722 g/mol. The summed E-state index contributed by atoms with van der Waals surface area (Å²) in [5, 5.41) is 20.4. The molecule has 14 heteroatoms. The number of phenolic OH excluding ortho intramolecular Hbond substituents is 1. The van der Waals surface area contributed by atoms with Crippen LogP contribution in [0.3, 0.4) is 0 Å². The van der Waals surface area contributed by atoms with E-state index in [1.165, 1.54) is 30.2 Å². The number of aliphatic carboxylic acids is 1. The SMILES string of the molecule is COc1cc(Br)cc(C2C3=CCC4C(=O)N(CCCCCC(=O)O)C(=O)C4C3CC3(Cl)C(=O)N(c4ccc(F)cc4)C(=O)C23Cl)c1O. The molecule has 0 radical (unpaired) electrons. The number of aromatic hydroxyl groups is 1. The van der Waals surface area contributed by atoms with Gasteiger partial charge in [-0.15, -0.1) is 23.2 Å². The van der Waals surface area contributed by atoms with Crippen LogP contribution in [0.2, 0.25) is 0 Å². The number of imide groups is 2. The third-order valence-electron chi connectivity index (χ3n) is 9.86. The summed E-state index contributed by atoms with van der Waals surface area (Å²) in [6.45, 7) is 0.112. The Hall–Kier alpha value is -3.48. The first-order valence-electron chi connectivity index (χ1n) is 15.1. The van der Waals surface area contributed by atoms with Crippen molar-refractivity contribution in [1.29, 1.82) is 0 Å². The molecule has 2 N–H and O–H groups in total. The average molecular weight is 752 g/mol. The van der Waals surface area contributed by atoms with Crippen LogP contribution in [0.15, 0.2) is 52.5 Å². The monoisotopic (exact) mass is 750 g/mol. The number of fused-ring (bicyclic) bond motifs is 4. The number of amides is 4. The number of hydrogen-bond donors (Lipinski definition) is 2. The van der Waals surface area contributed by atoms with Crippen LogP contribution < -0.4 is 9.64 Å². The molecule has 2 heterocycles. The lowest BCUT2D eigenvalue weighted by Crippen LogP contribution is -2.60. The number of carboxylic acid groups (broad SMARTS) is 1. The number of halogens is 4. The van der Waals surface area contributed by atoms with Crippen LogP contribution in [0, 0.1) is 23.6 Å². The number of carbonyl (C=O) groups is 5. The summed E-state index contributed by atoms with van der Waals surface area (Å²) in [4.78, 5) is 64.9. The lowest BCUT2D eigenvalue weighted by atomic mass is 9.56. The van der Waals surface area contributed by atoms with Crippen molar-refractivity contribution in [3.63, 3.8) is 0 Å². The first kappa shape index (κ1) is 33.4. The van der Waals surface area contributed by atoms with E-state index in [9.17, 15) is 33.5 Å². The standard InChI is InChI=1S/C33H30BrCl2FN2O8/c1-47-23-14-16(34)13-21(27(23)42)26-19-10-11-20-25(29(44)38(28(20)43)12-4-2-3-5-24(40)41)22(19)15-32(35)30(45)39(31(46)33(26,32)36)18-8-6-17(37)7-9-18/h6-10,13-14,20,22,25-26,42H,2-5,11-12,15H2,1H3,(H,40,41). The van der Waals surface area contributed by atoms with E-state index in [0.717, 1.165) is 17.0 Å². The highest BCUT2D eigenvalue weighted by atomic mass is 79.9. The topological polar surface area (TPSA) is 142 Å². The third kappa shape index (κ3) is 5.05. The molecule has 6 atom stereocenters. The van der Waals surface area contributed by atoms with Crippen molar-refractivity contribution in [2.45, 2.75) is 54.2 Å². The first-order valence-corrected chi connectivity index (χ1v) is 16.7. The average Bonchev–Trinajstić information content (AvgIpc) is 3.36. The van der Waals surface area contributed by atoms with E-state index < -0.39 is 62.9 Å². The fraction of sp³-hybridized carbons (Fsp3) is 0.424. The molecule has 0 aromatic heterocycles. The van der Waals surface area contributed by atoms with Gasteiger partial charge in [0.1, 0.15) is 5.82 Å². The van der Waals surface area contributed by atoms with E-state index in [-0.39, 0.29) is 54.5 Å². The smallest absolute Gasteiger partial charge is 0.303 e. The van der Waals surface area contributed by atoms with Gasteiger partial charge in [0.15, 0.2) is 21.2 Å². The number of rotatable bonds is 9. The van der Waals surface area contributed by atoms with Gasteiger partial charge in [-0.2, -0.15) is 0 Å². The van der Waals surface area contributed by atoms with Crippen LogP contribution in [0.25, 0.3) is 0 Å². The minimum absolute atomic E-state index is 0.0171. The minimum atomic E-state index is -2.21. The number of likely N-dealkylation sites (tertiary alicyclic amines) is 1. The largest absolute Gasteiger partial charge is 0.504 e. The molecule has 47 heavy (non-hydrogen) atoms. The van der Waals surface area contributed by atoms with E-state index in [0.29, 0.717) is 29.3 Å². The van der Waals surface area contributed by atoms with Crippen LogP contribution >= 0.6 is 39.1 Å². The molecule has 0 spiro atoms. The summed E-state index contributed by atoms with van der Waals surface area (Å²) in [5.74, 6) is -8.10. The maximum Gasteiger partial charge on any atom is 0.303 e. The van der Waals surface area contributed by atoms with E-state index in [4.69, 9.17) is 33.0 Å². The van der Waals surface area contributed by atoms with Gasteiger partial charge in [0, 0.05) is 28.9 Å². The van der Waals surface area contributed by atoms with E-state index in [2.05, 4.69) is 15.9 Å². The second-order valence-electron chi connectivity index (χ2n) is 12.3. The van der Waals surface area contributed by atoms with Crippen molar-refractivity contribution < 1.29 is 43.3 Å². The zero-order valence-corrected chi connectivity index (χ0v) is 28.1. The fourth-order valence-electron chi connectivity index (χ4n) is 7.72. The molecular formula is C33H30BrCl2FN2O8. The number of nitrogens with zero attached hydrogens (tertiary/aromatic N) is 2. The number of carboxylic acids is 1. The van der Waals surface area contributed by atoms with E-state index >= 15 is 0 Å². The molecule has 2 saturated heterocycles. The summed E-state index contributed by atoms with van der Waals surface area (Å²) >= 11 is 18.1. The predicted molar refractivity (Wildman–Crippen MR) is 172 cm³/mol. The van der Waals surface area contributed by atoms with E-state index in [1.807, 2.05) is 0 Å². The summed E-state index contributed by atoms with van der Waals surface area (Å²) in [6, 6.07) is 7.75. The van der Waals surface area contributed by atoms with Crippen LogP contribution in [0.5, 0.6) is 11.5 Å². The number of unbranched alkanes of at least 4 members (excludes halogenated alkanes) is 2. The molecule has 4 aliphatic rings. The Morgan fingerprint density at radius 1 is 1.04 bits per heavy atom. The number of carbonyl (C=O) groups excluding carboxylic acids is 4. The van der Waals surface area contributed by atoms with Crippen molar-refractivity contribution in [3.8, 4) is 11.5 Å². The quantitative estimate of drug-likeness (QED) is 0.148. The highest BCUT2D eigenvalue weighted by Gasteiger charge is 2.77. The predicted octanol–water partition coefficient (Wildman–Crippen LogP) is 5.51. The van der Waals surface area contributed by atoms with Gasteiger partial charge < -0.3 is 14.9 Å². The maximum atomic E-state index is 14.5. The molecule has 2 aromatic rings. The van der Waals surface area contributed by atoms with Gasteiger partial charge in [-0.25, -0.2) is 9.29 Å². The van der Waals surface area contributed by atoms with Gasteiger partial charge in [-0.1, -0.05) is 34.0 Å². The van der Waals surface area contributed by atoms with Gasteiger partial charge in [0.25, 0.3) is 11.8 Å². The summed E-state index contributed by atoms with van der Waals surface area (Å²) in [6.07, 6.45) is 2.95. The number of phenols is 1. The lowest BCUT2D eigenvalue weighted by Gasteiger charge is -2.50. The second kappa shape index (κ2) is 12.2. The molecule has 3 fully saturated rings. The molecule has 4 amide bonds. The van der Waals surface area contributed by atoms with Crippen molar-refractivity contribution >= 4 is 74.4 Å². The van der Waals surface area contributed by atoms with Crippen molar-refractivity contribution in [1.82, 2.24) is 4.90 Å². The normalized spacial score (nSPS) is 29.9. The number of alkyl halides is 2. The second-order valence-corrected chi connectivity index (χ2v) is 14.5. The molecule has 2 aliphatic carbocycles. The van der Waals surface area contributed by atoms with Crippen molar-refractivity contribution in [2.75, 3.05) is 18.6 Å². The Kier molecular flexibility index (Phi) is 8.67. The molecule has 10 nitrogen and oxygen atoms in total. The zero-order valence-electron chi connectivity index (χ0n) is 25.1. The number of allylic oxidation sites excluding steroid dienone is 2. The van der Waals surface area contributed by atoms with Crippen LogP contribution in [-0.4, -0.2) is 68.1 Å². The van der Waals surface area contributed by atoms with Gasteiger partial charge in [0.05, 0.1) is 24.6 Å². The molecule has 2 aliphatic heterocycles. The van der Waals surface area contributed by atoms with Crippen LogP contribution in [0.4, 0.5) is 10.1 Å². The van der Waals surface area contributed by atoms with Crippen molar-refractivity contribution in [3.05, 3.63) is 63.9 Å². The third-order valence-corrected chi connectivity index (χ3v) is 11.7. The van der Waals surface area contributed by atoms with Crippen molar-refractivity contribution in [2.24, 2.45) is 17.8 Å². The molecule has 6 unspecified atom stereocenters. The minimum Gasteiger partial charge on any atom is -0.504 e. The number of hydrogen-bond acceptors (Lipinski definition) is 7. The zero-order chi connectivity index (χ0) is 34.0. The van der Waals surface area contributed by atoms with E-state index in [1.54, 1.807) is 12.1 Å². The first-order chi connectivity index (χ1) is 22.3. The summed E-state index contributed by atoms with van der Waals surface area (Å²) in [5.41, 5.74) is 0.654. The highest BCUT2D eigenvalue weighted by Crippen LogP contribution is 2.67. The Morgan fingerprint density at radius 3 is 2.40 bits per heavy atom. The summed E-state index contributed by atoms with van der Waals surface area (Å²) < 4.78 is 19.7. The van der Waals surface area contributed by atoms with Gasteiger partial charge in [-0.3, -0.25) is 28.9 Å². The Balaban J connectivity index is 1.46. The lowest BCUT2D eigenvalue weighted by molar-refractivity contribution is -0.141. The Morgan fingerprint density at radius 2 is 1.74 bits per heavy atom. The van der Waals surface area contributed by atoms with Crippen LogP contribution in [-0.2, 0) is 24.0 Å². The number of ether oxygens (including phenoxy) is 1. The summed E-state index contributed by atoms with van der Waals surface area (Å²) in [7, 11) is 1.35. The molecule has 1 saturated carbocycles. The fourth-order valence-corrected chi connectivity index (χ4v) is 9.10. The number of methoxy groups -OCH3 is 1.